The number of benzene rings is 2. The lowest BCUT2D eigenvalue weighted by Gasteiger charge is -2.20. The summed E-state index contributed by atoms with van der Waals surface area (Å²) in [5.41, 5.74) is 4.12. The Morgan fingerprint density at radius 2 is 1.62 bits per heavy atom. The fraction of sp³-hybridized carbons (Fsp3) is 0.167. The summed E-state index contributed by atoms with van der Waals surface area (Å²) in [5, 5.41) is 23.8. The van der Waals surface area contributed by atoms with Crippen LogP contribution in [-0.4, -0.2) is 30.9 Å². The van der Waals surface area contributed by atoms with Crippen LogP contribution in [-0.2, 0) is 0 Å². The molecule has 0 aliphatic carbocycles. The van der Waals surface area contributed by atoms with Crippen LogP contribution >= 0.6 is 11.8 Å². The Morgan fingerprint density at radius 1 is 0.958 bits per heavy atom. The lowest BCUT2D eigenvalue weighted by atomic mass is 10.1. The van der Waals surface area contributed by atoms with E-state index >= 15 is 0 Å². The minimum Gasteiger partial charge on any atom is -0.508 e. The predicted molar refractivity (Wildman–Crippen MR) is 95.6 cm³/mol. The molecule has 3 aromatic rings. The number of aromatic hydroxyl groups is 1. The highest BCUT2D eigenvalue weighted by Gasteiger charge is 2.26. The second-order valence-electron chi connectivity index (χ2n) is 5.78. The Kier molecular flexibility index (Phi) is 3.61. The quantitative estimate of drug-likeness (QED) is 0.775. The number of phenols is 1. The van der Waals surface area contributed by atoms with Crippen molar-refractivity contribution in [1.82, 2.24) is 14.9 Å². The Morgan fingerprint density at radius 3 is 2.33 bits per heavy atom. The molecule has 0 saturated heterocycles. The molecule has 6 heteroatoms. The first kappa shape index (κ1) is 15.0. The van der Waals surface area contributed by atoms with Gasteiger partial charge in [-0.2, -0.15) is 9.78 Å². The molecular weight excluding hydrogens is 320 g/mol. The Hall–Kier alpha value is -2.60. The summed E-state index contributed by atoms with van der Waals surface area (Å²) in [4.78, 5) is 0. The van der Waals surface area contributed by atoms with E-state index in [1.54, 1.807) is 28.6 Å². The smallest absolute Gasteiger partial charge is 0.213 e. The molecule has 5 nitrogen and oxygen atoms in total. The topological polar surface area (TPSA) is 63.3 Å². The zero-order chi connectivity index (χ0) is 16.7. The second kappa shape index (κ2) is 5.79. The molecule has 1 aliphatic heterocycles. The van der Waals surface area contributed by atoms with Crippen molar-refractivity contribution in [2.45, 2.75) is 24.3 Å². The van der Waals surface area contributed by atoms with Crippen LogP contribution in [0.4, 0.5) is 0 Å². The summed E-state index contributed by atoms with van der Waals surface area (Å²) in [6.07, 6.45) is 0. The van der Waals surface area contributed by atoms with Gasteiger partial charge in [0.15, 0.2) is 5.82 Å². The lowest BCUT2D eigenvalue weighted by molar-refractivity contribution is 0.475. The van der Waals surface area contributed by atoms with Gasteiger partial charge < -0.3 is 5.11 Å². The molecule has 0 spiro atoms. The number of nitrogens with zero attached hydrogens (tertiary/aromatic N) is 4. The fourth-order valence-electron chi connectivity index (χ4n) is 2.64. The maximum Gasteiger partial charge on any atom is 0.213 e. The first-order chi connectivity index (χ1) is 11.6. The molecule has 0 saturated carbocycles. The zero-order valence-electron chi connectivity index (χ0n) is 13.3. The Bertz CT molecular complexity index is 913. The number of aryl methyl sites for hydroxylation is 1. The molecule has 2 aromatic carbocycles. The van der Waals surface area contributed by atoms with Gasteiger partial charge in [-0.05, 0) is 43.7 Å². The van der Waals surface area contributed by atoms with Crippen molar-refractivity contribution in [2.75, 3.05) is 0 Å². The maximum atomic E-state index is 9.49. The second-order valence-corrected chi connectivity index (χ2v) is 7.08. The number of phenolic OH excluding ortho intramolecular Hbond substituents is 1. The molecule has 0 fully saturated rings. The van der Waals surface area contributed by atoms with E-state index in [1.165, 1.54) is 5.56 Å². The van der Waals surface area contributed by atoms with Crippen LogP contribution in [0.3, 0.4) is 0 Å². The highest BCUT2D eigenvalue weighted by Crippen LogP contribution is 2.33. The van der Waals surface area contributed by atoms with Crippen LogP contribution in [0.2, 0.25) is 0 Å². The summed E-state index contributed by atoms with van der Waals surface area (Å²) in [7, 11) is 0. The maximum absolute atomic E-state index is 9.49. The number of fused-ring (bicyclic) bond motifs is 1. The number of hydrogen-bond acceptors (Lipinski definition) is 5. The molecule has 120 valence electrons. The summed E-state index contributed by atoms with van der Waals surface area (Å²) < 4.78 is 1.80. The van der Waals surface area contributed by atoms with E-state index in [1.807, 2.05) is 24.3 Å². The first-order valence-corrected chi connectivity index (χ1v) is 8.57. The molecule has 4 rings (SSSR count). The first-order valence-electron chi connectivity index (χ1n) is 7.69. The molecule has 0 radical (unpaired) electrons. The monoisotopic (exact) mass is 336 g/mol. The summed E-state index contributed by atoms with van der Waals surface area (Å²) in [6, 6.07) is 15.3. The van der Waals surface area contributed by atoms with Gasteiger partial charge in [0, 0.05) is 5.56 Å². The molecule has 1 N–H and O–H groups in total. The average molecular weight is 336 g/mol. The van der Waals surface area contributed by atoms with Crippen molar-refractivity contribution in [3.63, 3.8) is 0 Å². The normalized spacial score (nSPS) is 16.6. The molecule has 0 unspecified atom stereocenters. The third kappa shape index (κ3) is 2.59. The number of thioether (sulfide) groups is 1. The van der Waals surface area contributed by atoms with E-state index in [9.17, 15) is 5.11 Å². The fourth-order valence-corrected chi connectivity index (χ4v) is 3.57. The predicted octanol–water partition coefficient (Wildman–Crippen LogP) is 3.71. The molecule has 0 bridgehead atoms. The molecular formula is C18H16N4OS. The van der Waals surface area contributed by atoms with Gasteiger partial charge >= 0.3 is 0 Å². The van der Waals surface area contributed by atoms with Crippen molar-refractivity contribution >= 4 is 17.5 Å². The Labute approximate surface area is 144 Å². The van der Waals surface area contributed by atoms with E-state index in [2.05, 4.69) is 36.2 Å². The van der Waals surface area contributed by atoms with Crippen LogP contribution in [0, 0.1) is 6.92 Å². The zero-order valence-corrected chi connectivity index (χ0v) is 14.2. The van der Waals surface area contributed by atoms with Gasteiger partial charge in [0.05, 0.1) is 11.0 Å². The van der Waals surface area contributed by atoms with Crippen molar-refractivity contribution in [1.29, 1.82) is 0 Å². The van der Waals surface area contributed by atoms with Gasteiger partial charge in [-0.3, -0.25) is 0 Å². The van der Waals surface area contributed by atoms with Crippen LogP contribution in [0.15, 0.2) is 58.8 Å². The third-order valence-corrected chi connectivity index (χ3v) is 5.00. The molecule has 0 amide bonds. The van der Waals surface area contributed by atoms with E-state index < -0.39 is 0 Å². The summed E-state index contributed by atoms with van der Waals surface area (Å²) in [6.45, 7) is 4.15. The van der Waals surface area contributed by atoms with E-state index in [0.717, 1.165) is 27.8 Å². The van der Waals surface area contributed by atoms with Crippen molar-refractivity contribution < 1.29 is 5.11 Å². The molecule has 1 aromatic heterocycles. The minimum absolute atomic E-state index is 0.164. The van der Waals surface area contributed by atoms with Crippen molar-refractivity contribution in [2.24, 2.45) is 5.10 Å². The van der Waals surface area contributed by atoms with Crippen LogP contribution in [0.25, 0.3) is 11.4 Å². The highest BCUT2D eigenvalue weighted by molar-refractivity contribution is 8.00. The Balaban J connectivity index is 1.81. The van der Waals surface area contributed by atoms with Crippen molar-refractivity contribution in [3.05, 3.63) is 59.7 Å². The van der Waals surface area contributed by atoms with E-state index in [0.29, 0.717) is 0 Å². The summed E-state index contributed by atoms with van der Waals surface area (Å²) in [5.74, 6) is 0.987. The standard InChI is InChI=1S/C18H16N4OS/c1-11-3-5-14(6-4-11)17-19-20-18-22(17)21-16(12(2)24-18)13-7-9-15(23)10-8-13/h3-10,12,23H,1-2H3/t12-/m1/s1. The van der Waals surface area contributed by atoms with Gasteiger partial charge in [-0.1, -0.05) is 41.6 Å². The van der Waals surface area contributed by atoms with Gasteiger partial charge in [0.25, 0.3) is 0 Å². The van der Waals surface area contributed by atoms with Gasteiger partial charge in [0.1, 0.15) is 5.75 Å². The molecule has 1 atom stereocenters. The van der Waals surface area contributed by atoms with Gasteiger partial charge in [-0.15, -0.1) is 10.2 Å². The molecule has 2 heterocycles. The number of aromatic nitrogens is 3. The van der Waals surface area contributed by atoms with Crippen LogP contribution in [0.1, 0.15) is 18.1 Å². The largest absolute Gasteiger partial charge is 0.508 e. The van der Waals surface area contributed by atoms with Crippen LogP contribution in [0.5, 0.6) is 5.75 Å². The van der Waals surface area contributed by atoms with Crippen molar-refractivity contribution in [3.8, 4) is 17.1 Å². The summed E-state index contributed by atoms with van der Waals surface area (Å²) >= 11 is 1.63. The van der Waals surface area contributed by atoms with Gasteiger partial charge in [-0.25, -0.2) is 0 Å². The number of rotatable bonds is 2. The van der Waals surface area contributed by atoms with E-state index in [4.69, 9.17) is 5.10 Å². The number of hydrogen-bond donors (Lipinski definition) is 1. The molecule has 1 aliphatic rings. The van der Waals surface area contributed by atoms with E-state index in [-0.39, 0.29) is 11.0 Å². The lowest BCUT2D eigenvalue weighted by Crippen LogP contribution is -2.21. The van der Waals surface area contributed by atoms with Crippen LogP contribution < -0.4 is 0 Å². The minimum atomic E-state index is 0.164. The third-order valence-electron chi connectivity index (χ3n) is 3.96. The highest BCUT2D eigenvalue weighted by atomic mass is 32.2. The SMILES string of the molecule is Cc1ccc(-c2nnc3n2N=C(c2ccc(O)cc2)[C@@H](C)S3)cc1. The average Bonchev–Trinajstić information content (AvgIpc) is 2.98. The molecule has 24 heavy (non-hydrogen) atoms. The van der Waals surface area contributed by atoms with Gasteiger partial charge in [0.2, 0.25) is 5.16 Å².